The third kappa shape index (κ3) is 4.06. The fourth-order valence-electron chi connectivity index (χ4n) is 1.73. The molecule has 2 aromatic rings. The van der Waals surface area contributed by atoms with Crippen molar-refractivity contribution in [2.75, 3.05) is 11.1 Å². The van der Waals surface area contributed by atoms with Gasteiger partial charge in [-0.25, -0.2) is 4.98 Å². The monoisotopic (exact) mass is 289 g/mol. The molecule has 0 aliphatic rings. The second kappa shape index (κ2) is 6.52. The van der Waals surface area contributed by atoms with Crippen molar-refractivity contribution in [3.05, 3.63) is 40.9 Å². The number of rotatable bonds is 5. The fraction of sp³-hybridized carbons (Fsp3) is 0.333. The molecular formula is C15H19N3OS. The zero-order chi connectivity index (χ0) is 14.5. The SMILES string of the molecule is CC(C)c1csc(NC(=O)CCc2ccc(N)cc2)n1. The van der Waals surface area contributed by atoms with E-state index in [0.29, 0.717) is 23.9 Å². The number of nitrogens with two attached hydrogens (primary N) is 1. The van der Waals surface area contributed by atoms with Crippen molar-refractivity contribution >= 4 is 28.1 Å². The summed E-state index contributed by atoms with van der Waals surface area (Å²) in [6.45, 7) is 4.17. The van der Waals surface area contributed by atoms with Gasteiger partial charge in [-0.1, -0.05) is 26.0 Å². The van der Waals surface area contributed by atoms with E-state index in [1.165, 1.54) is 11.3 Å². The Balaban J connectivity index is 1.84. The molecule has 5 heteroatoms. The first-order chi connectivity index (χ1) is 9.54. The smallest absolute Gasteiger partial charge is 0.226 e. The summed E-state index contributed by atoms with van der Waals surface area (Å²) in [5, 5.41) is 5.51. The topological polar surface area (TPSA) is 68.0 Å². The second-order valence-corrected chi connectivity index (χ2v) is 5.88. The largest absolute Gasteiger partial charge is 0.399 e. The predicted octanol–water partition coefficient (Wildman–Crippen LogP) is 3.42. The first-order valence-electron chi connectivity index (χ1n) is 6.64. The average Bonchev–Trinajstić information content (AvgIpc) is 2.87. The molecule has 20 heavy (non-hydrogen) atoms. The van der Waals surface area contributed by atoms with E-state index < -0.39 is 0 Å². The van der Waals surface area contributed by atoms with Gasteiger partial charge in [0.25, 0.3) is 0 Å². The van der Waals surface area contributed by atoms with Crippen LogP contribution in [0.1, 0.15) is 37.4 Å². The second-order valence-electron chi connectivity index (χ2n) is 5.02. The molecule has 1 aromatic carbocycles. The first-order valence-corrected chi connectivity index (χ1v) is 7.52. The Morgan fingerprint density at radius 2 is 2.05 bits per heavy atom. The summed E-state index contributed by atoms with van der Waals surface area (Å²) in [4.78, 5) is 16.2. The van der Waals surface area contributed by atoms with E-state index in [9.17, 15) is 4.79 Å². The maximum absolute atomic E-state index is 11.9. The van der Waals surface area contributed by atoms with Crippen molar-refractivity contribution in [1.29, 1.82) is 0 Å². The Kier molecular flexibility index (Phi) is 4.74. The lowest BCUT2D eigenvalue weighted by atomic mass is 10.1. The van der Waals surface area contributed by atoms with Gasteiger partial charge in [0, 0.05) is 17.5 Å². The van der Waals surface area contributed by atoms with Crippen molar-refractivity contribution in [3.63, 3.8) is 0 Å². The Bertz CT molecular complexity index is 575. The molecule has 0 aliphatic heterocycles. The quantitative estimate of drug-likeness (QED) is 0.829. The Morgan fingerprint density at radius 3 is 2.65 bits per heavy atom. The van der Waals surface area contributed by atoms with Crippen LogP contribution >= 0.6 is 11.3 Å². The molecule has 1 aromatic heterocycles. The highest BCUT2D eigenvalue weighted by molar-refractivity contribution is 7.13. The van der Waals surface area contributed by atoms with Gasteiger partial charge in [0.2, 0.25) is 5.91 Å². The Labute approximate surface area is 123 Å². The van der Waals surface area contributed by atoms with Gasteiger partial charge in [0.15, 0.2) is 5.13 Å². The molecule has 0 atom stereocenters. The molecule has 106 valence electrons. The number of hydrogen-bond donors (Lipinski definition) is 2. The van der Waals surface area contributed by atoms with Crippen LogP contribution in [0, 0.1) is 0 Å². The van der Waals surface area contributed by atoms with E-state index in [2.05, 4.69) is 24.1 Å². The third-order valence-electron chi connectivity index (χ3n) is 2.98. The number of aryl methyl sites for hydroxylation is 1. The number of nitrogens with zero attached hydrogens (tertiary/aromatic N) is 1. The molecule has 1 heterocycles. The van der Waals surface area contributed by atoms with Crippen molar-refractivity contribution in [2.45, 2.75) is 32.6 Å². The van der Waals surface area contributed by atoms with Crippen LogP contribution in [-0.2, 0) is 11.2 Å². The summed E-state index contributed by atoms with van der Waals surface area (Å²) in [5.74, 6) is 0.373. The van der Waals surface area contributed by atoms with Crippen molar-refractivity contribution in [1.82, 2.24) is 4.98 Å². The minimum atomic E-state index is -0.00789. The van der Waals surface area contributed by atoms with Crippen LogP contribution in [0.3, 0.4) is 0 Å². The fourth-order valence-corrected chi connectivity index (χ4v) is 2.62. The molecule has 0 radical (unpaired) electrons. The molecule has 1 amide bonds. The maximum Gasteiger partial charge on any atom is 0.226 e. The zero-order valence-electron chi connectivity index (χ0n) is 11.7. The molecule has 0 aliphatic carbocycles. The Morgan fingerprint density at radius 1 is 1.35 bits per heavy atom. The van der Waals surface area contributed by atoms with E-state index in [0.717, 1.165) is 16.9 Å². The molecule has 0 saturated carbocycles. The number of nitrogens with one attached hydrogen (secondary N) is 1. The summed E-state index contributed by atoms with van der Waals surface area (Å²) in [6, 6.07) is 7.59. The number of anilines is 2. The summed E-state index contributed by atoms with van der Waals surface area (Å²) in [7, 11) is 0. The number of nitrogen functional groups attached to an aromatic ring is 1. The first kappa shape index (κ1) is 14.5. The number of carbonyl (C=O) groups excluding carboxylic acids is 1. The van der Waals surface area contributed by atoms with Crippen LogP contribution in [0.15, 0.2) is 29.6 Å². The van der Waals surface area contributed by atoms with Gasteiger partial charge in [0.05, 0.1) is 5.69 Å². The minimum absolute atomic E-state index is 0.00789. The molecule has 2 rings (SSSR count). The van der Waals surface area contributed by atoms with Crippen LogP contribution in [0.25, 0.3) is 0 Å². The number of carbonyl (C=O) groups is 1. The number of benzene rings is 1. The van der Waals surface area contributed by atoms with Gasteiger partial charge in [-0.3, -0.25) is 4.79 Å². The highest BCUT2D eigenvalue weighted by Crippen LogP contribution is 2.21. The highest BCUT2D eigenvalue weighted by atomic mass is 32.1. The maximum atomic E-state index is 11.9. The molecule has 4 nitrogen and oxygen atoms in total. The molecule has 3 N–H and O–H groups in total. The number of thiazole rings is 1. The van der Waals surface area contributed by atoms with Crippen molar-refractivity contribution in [3.8, 4) is 0 Å². The molecular weight excluding hydrogens is 270 g/mol. The van der Waals surface area contributed by atoms with Gasteiger partial charge in [0.1, 0.15) is 0 Å². The Hall–Kier alpha value is -1.88. The third-order valence-corrected chi connectivity index (χ3v) is 3.76. The van der Waals surface area contributed by atoms with Gasteiger partial charge >= 0.3 is 0 Å². The van der Waals surface area contributed by atoms with E-state index in [1.54, 1.807) is 0 Å². The normalized spacial score (nSPS) is 10.8. The lowest BCUT2D eigenvalue weighted by Gasteiger charge is -2.03. The highest BCUT2D eigenvalue weighted by Gasteiger charge is 2.08. The van der Waals surface area contributed by atoms with E-state index in [4.69, 9.17) is 5.73 Å². The van der Waals surface area contributed by atoms with Crippen LogP contribution in [0.4, 0.5) is 10.8 Å². The summed E-state index contributed by atoms with van der Waals surface area (Å²) in [6.07, 6.45) is 1.15. The molecule has 0 bridgehead atoms. The summed E-state index contributed by atoms with van der Waals surface area (Å²) >= 11 is 1.47. The van der Waals surface area contributed by atoms with E-state index >= 15 is 0 Å². The number of aromatic nitrogens is 1. The zero-order valence-corrected chi connectivity index (χ0v) is 12.5. The van der Waals surface area contributed by atoms with Crippen molar-refractivity contribution < 1.29 is 4.79 Å². The van der Waals surface area contributed by atoms with Gasteiger partial charge in [-0.15, -0.1) is 11.3 Å². The van der Waals surface area contributed by atoms with Crippen molar-refractivity contribution in [2.24, 2.45) is 0 Å². The summed E-state index contributed by atoms with van der Waals surface area (Å²) in [5.41, 5.74) is 8.49. The van der Waals surface area contributed by atoms with Gasteiger partial charge < -0.3 is 11.1 Å². The lowest BCUT2D eigenvalue weighted by molar-refractivity contribution is -0.116. The van der Waals surface area contributed by atoms with E-state index in [1.807, 2.05) is 29.6 Å². The van der Waals surface area contributed by atoms with Crippen LogP contribution in [-0.4, -0.2) is 10.9 Å². The number of amides is 1. The van der Waals surface area contributed by atoms with E-state index in [-0.39, 0.29) is 5.91 Å². The van der Waals surface area contributed by atoms with Gasteiger partial charge in [-0.2, -0.15) is 0 Å². The lowest BCUT2D eigenvalue weighted by Crippen LogP contribution is -2.12. The average molecular weight is 289 g/mol. The van der Waals surface area contributed by atoms with Crippen LogP contribution in [0.2, 0.25) is 0 Å². The standard InChI is InChI=1S/C15H19N3OS/c1-10(2)13-9-20-15(17-13)18-14(19)8-5-11-3-6-12(16)7-4-11/h3-4,6-7,9-10H,5,8,16H2,1-2H3,(H,17,18,19). The minimum Gasteiger partial charge on any atom is -0.399 e. The molecule has 0 unspecified atom stereocenters. The molecule has 0 spiro atoms. The van der Waals surface area contributed by atoms with Crippen LogP contribution in [0.5, 0.6) is 0 Å². The summed E-state index contributed by atoms with van der Waals surface area (Å²) < 4.78 is 0. The van der Waals surface area contributed by atoms with Gasteiger partial charge in [-0.05, 0) is 30.0 Å². The predicted molar refractivity (Wildman–Crippen MR) is 84.0 cm³/mol. The molecule has 0 saturated heterocycles. The van der Waals surface area contributed by atoms with Crippen LogP contribution < -0.4 is 11.1 Å². The number of hydrogen-bond acceptors (Lipinski definition) is 4. The molecule has 0 fully saturated rings.